The summed E-state index contributed by atoms with van der Waals surface area (Å²) < 4.78 is 11.0. The van der Waals surface area contributed by atoms with E-state index in [1.165, 1.54) is 23.6 Å². The van der Waals surface area contributed by atoms with E-state index in [1.807, 2.05) is 24.3 Å². The van der Waals surface area contributed by atoms with Crippen LogP contribution < -0.4 is 20.1 Å². The fraction of sp³-hybridized carbons (Fsp3) is 0.269. The first-order chi connectivity index (χ1) is 15.1. The van der Waals surface area contributed by atoms with Gasteiger partial charge < -0.3 is 20.1 Å². The van der Waals surface area contributed by atoms with Crippen molar-refractivity contribution in [2.75, 3.05) is 26.1 Å². The van der Waals surface area contributed by atoms with Gasteiger partial charge in [-0.1, -0.05) is 42.5 Å². The Balaban J connectivity index is 0.00000289. The van der Waals surface area contributed by atoms with Gasteiger partial charge in [-0.05, 0) is 59.8 Å². The molecule has 6 heteroatoms. The lowest BCUT2D eigenvalue weighted by atomic mass is 9.89. The first-order valence-corrected chi connectivity index (χ1v) is 10.5. The minimum atomic E-state index is -0.0711. The average molecular weight is 453 g/mol. The second-order valence-corrected chi connectivity index (χ2v) is 7.79. The van der Waals surface area contributed by atoms with Crippen LogP contribution in [0.3, 0.4) is 0 Å². The number of fused-ring (bicyclic) bond motifs is 1. The Kier molecular flexibility index (Phi) is 7.78. The van der Waals surface area contributed by atoms with Gasteiger partial charge in [0.2, 0.25) is 5.91 Å². The molecule has 32 heavy (non-hydrogen) atoms. The molecule has 5 nitrogen and oxygen atoms in total. The summed E-state index contributed by atoms with van der Waals surface area (Å²) in [5, 5.41) is 6.56. The monoisotopic (exact) mass is 452 g/mol. The first-order valence-electron chi connectivity index (χ1n) is 10.5. The normalized spacial score (nSPS) is 14.7. The predicted molar refractivity (Wildman–Crippen MR) is 131 cm³/mol. The van der Waals surface area contributed by atoms with Crippen molar-refractivity contribution in [3.05, 3.63) is 77.4 Å². The van der Waals surface area contributed by atoms with Crippen LogP contribution in [0.2, 0.25) is 0 Å². The molecular weight excluding hydrogens is 424 g/mol. The van der Waals surface area contributed by atoms with Crippen molar-refractivity contribution in [3.8, 4) is 22.6 Å². The molecular formula is C26H29ClN2O3. The Hall–Kier alpha value is -3.02. The number of nitrogens with one attached hydrogen (secondary N) is 2. The SMILES string of the molecule is COc1cc2c(cc1OC)C(Cc1ccc(-c3ccccc3NC(C)=O)cc1)NCC2.Cl. The third-order valence-corrected chi connectivity index (χ3v) is 5.75. The highest BCUT2D eigenvalue weighted by Crippen LogP contribution is 2.36. The highest BCUT2D eigenvalue weighted by Gasteiger charge is 2.23. The van der Waals surface area contributed by atoms with Gasteiger partial charge in [0.15, 0.2) is 11.5 Å². The maximum absolute atomic E-state index is 11.5. The number of amides is 1. The highest BCUT2D eigenvalue weighted by molar-refractivity contribution is 5.94. The third-order valence-electron chi connectivity index (χ3n) is 5.75. The van der Waals surface area contributed by atoms with Crippen LogP contribution in [0.1, 0.15) is 29.7 Å². The fourth-order valence-corrected chi connectivity index (χ4v) is 4.24. The second kappa shape index (κ2) is 10.5. The Morgan fingerprint density at radius 2 is 1.72 bits per heavy atom. The number of ether oxygens (including phenoxy) is 2. The molecule has 1 unspecified atom stereocenters. The molecule has 0 saturated heterocycles. The zero-order chi connectivity index (χ0) is 21.8. The molecule has 0 bridgehead atoms. The van der Waals surface area contributed by atoms with Crippen LogP contribution >= 0.6 is 12.4 Å². The quantitative estimate of drug-likeness (QED) is 0.541. The van der Waals surface area contributed by atoms with Gasteiger partial charge in [-0.15, -0.1) is 12.4 Å². The van der Waals surface area contributed by atoms with Gasteiger partial charge in [0.25, 0.3) is 0 Å². The van der Waals surface area contributed by atoms with Crippen LogP contribution in [-0.4, -0.2) is 26.7 Å². The standard InChI is InChI=1S/C26H28N2O3.ClH/c1-17(29)28-23-7-5-4-6-21(23)19-10-8-18(9-11-19)14-24-22-16-26(31-3)25(30-2)15-20(22)12-13-27-24;/h4-11,15-16,24,27H,12-14H2,1-3H3,(H,28,29);1H. The average Bonchev–Trinajstić information content (AvgIpc) is 2.79. The van der Waals surface area contributed by atoms with Gasteiger partial charge in [-0.2, -0.15) is 0 Å². The van der Waals surface area contributed by atoms with E-state index in [4.69, 9.17) is 9.47 Å². The third kappa shape index (κ3) is 5.06. The lowest BCUT2D eigenvalue weighted by molar-refractivity contribution is -0.114. The molecule has 4 rings (SSSR count). The van der Waals surface area contributed by atoms with Crippen molar-refractivity contribution >= 4 is 24.0 Å². The van der Waals surface area contributed by atoms with Crippen LogP contribution in [0, 0.1) is 0 Å². The summed E-state index contributed by atoms with van der Waals surface area (Å²) in [6.45, 7) is 2.47. The molecule has 1 heterocycles. The van der Waals surface area contributed by atoms with E-state index >= 15 is 0 Å². The molecule has 0 aromatic heterocycles. The lowest BCUT2D eigenvalue weighted by Gasteiger charge is -2.28. The van der Waals surface area contributed by atoms with Gasteiger partial charge in [0.1, 0.15) is 0 Å². The molecule has 0 saturated carbocycles. The smallest absolute Gasteiger partial charge is 0.221 e. The van der Waals surface area contributed by atoms with Crippen molar-refractivity contribution in [3.63, 3.8) is 0 Å². The van der Waals surface area contributed by atoms with Gasteiger partial charge in [-0.25, -0.2) is 0 Å². The largest absolute Gasteiger partial charge is 0.493 e. The van der Waals surface area contributed by atoms with Gasteiger partial charge >= 0.3 is 0 Å². The molecule has 1 aliphatic heterocycles. The zero-order valence-electron chi connectivity index (χ0n) is 18.6. The van der Waals surface area contributed by atoms with E-state index < -0.39 is 0 Å². The van der Waals surface area contributed by atoms with Crippen LogP contribution in [0.25, 0.3) is 11.1 Å². The lowest BCUT2D eigenvalue weighted by Crippen LogP contribution is -2.31. The van der Waals surface area contributed by atoms with Crippen molar-refractivity contribution in [1.29, 1.82) is 0 Å². The number of rotatable bonds is 6. The number of benzene rings is 3. The molecule has 168 valence electrons. The maximum atomic E-state index is 11.5. The van der Waals surface area contributed by atoms with Crippen molar-refractivity contribution < 1.29 is 14.3 Å². The molecule has 0 aliphatic carbocycles. The van der Waals surface area contributed by atoms with Crippen LogP contribution in [0.15, 0.2) is 60.7 Å². The van der Waals surface area contributed by atoms with Gasteiger partial charge in [-0.3, -0.25) is 4.79 Å². The van der Waals surface area contributed by atoms with Crippen molar-refractivity contribution in [2.24, 2.45) is 0 Å². The predicted octanol–water partition coefficient (Wildman–Crippen LogP) is 5.18. The second-order valence-electron chi connectivity index (χ2n) is 7.79. The zero-order valence-corrected chi connectivity index (χ0v) is 19.4. The Bertz CT molecular complexity index is 1080. The Labute approximate surface area is 195 Å². The number of hydrogen-bond acceptors (Lipinski definition) is 4. The number of carbonyl (C=O) groups excluding carboxylic acids is 1. The maximum Gasteiger partial charge on any atom is 0.221 e. The number of methoxy groups -OCH3 is 2. The van der Waals surface area contributed by atoms with Crippen LogP contribution in [0.4, 0.5) is 5.69 Å². The molecule has 0 spiro atoms. The van der Waals surface area contributed by atoms with E-state index in [9.17, 15) is 4.79 Å². The summed E-state index contributed by atoms with van der Waals surface area (Å²) in [6.07, 6.45) is 1.86. The molecule has 2 N–H and O–H groups in total. The van der Waals surface area contributed by atoms with Crippen molar-refractivity contribution in [1.82, 2.24) is 5.32 Å². The summed E-state index contributed by atoms with van der Waals surface area (Å²) in [5.74, 6) is 1.47. The van der Waals surface area contributed by atoms with Gasteiger partial charge in [0, 0.05) is 24.2 Å². The van der Waals surface area contributed by atoms with Gasteiger partial charge in [0.05, 0.1) is 14.2 Å². The van der Waals surface area contributed by atoms with Crippen LogP contribution in [0.5, 0.6) is 11.5 Å². The number of carbonyl (C=O) groups is 1. The topological polar surface area (TPSA) is 59.6 Å². The molecule has 3 aromatic rings. The van der Waals surface area contributed by atoms with E-state index in [0.29, 0.717) is 0 Å². The summed E-state index contributed by atoms with van der Waals surface area (Å²) in [6, 6.07) is 20.9. The van der Waals surface area contributed by atoms with E-state index in [0.717, 1.165) is 47.7 Å². The summed E-state index contributed by atoms with van der Waals surface area (Å²) >= 11 is 0. The molecule has 1 aliphatic rings. The number of anilines is 1. The molecule has 3 aromatic carbocycles. The van der Waals surface area contributed by atoms with Crippen LogP contribution in [-0.2, 0) is 17.6 Å². The number of para-hydroxylation sites is 1. The summed E-state index contributed by atoms with van der Waals surface area (Å²) in [5.41, 5.74) is 6.75. The molecule has 0 fully saturated rings. The number of halogens is 1. The fourth-order valence-electron chi connectivity index (χ4n) is 4.24. The van der Waals surface area contributed by atoms with Crippen molar-refractivity contribution in [2.45, 2.75) is 25.8 Å². The van der Waals surface area contributed by atoms with E-state index in [1.54, 1.807) is 14.2 Å². The summed E-state index contributed by atoms with van der Waals surface area (Å²) in [7, 11) is 3.35. The van der Waals surface area contributed by atoms with E-state index in [-0.39, 0.29) is 24.4 Å². The van der Waals surface area contributed by atoms with E-state index in [2.05, 4.69) is 47.0 Å². The number of hydrogen-bond donors (Lipinski definition) is 2. The Morgan fingerprint density at radius 3 is 2.41 bits per heavy atom. The first kappa shape index (κ1) is 23.6. The minimum absolute atomic E-state index is 0. The Morgan fingerprint density at radius 1 is 1.03 bits per heavy atom. The summed E-state index contributed by atoms with van der Waals surface area (Å²) in [4.78, 5) is 11.5. The molecule has 1 atom stereocenters. The minimum Gasteiger partial charge on any atom is -0.493 e. The molecule has 0 radical (unpaired) electrons. The molecule has 1 amide bonds. The highest BCUT2D eigenvalue weighted by atomic mass is 35.5.